The van der Waals surface area contributed by atoms with Crippen LogP contribution in [0.25, 0.3) is 10.9 Å². The normalized spacial score (nSPS) is 12.2. The fourth-order valence-electron chi connectivity index (χ4n) is 1.85. The molecule has 1 heterocycles. The molecule has 0 aliphatic heterocycles. The highest BCUT2D eigenvalue weighted by Crippen LogP contribution is 2.18. The first-order chi connectivity index (χ1) is 8.54. The van der Waals surface area contributed by atoms with E-state index in [1.807, 2.05) is 30.3 Å². The number of hydrogen-bond acceptors (Lipinski definition) is 3. The number of hydrogen-bond donors (Lipinski definition) is 0. The molecule has 96 valence electrons. The van der Waals surface area contributed by atoms with E-state index in [2.05, 4.69) is 4.98 Å². The SMILES string of the molecule is CCS(=O)(=O)N(C)Cc1ccnc2ccccc12. The van der Waals surface area contributed by atoms with Gasteiger partial charge in [0.25, 0.3) is 0 Å². The van der Waals surface area contributed by atoms with E-state index in [4.69, 9.17) is 0 Å². The lowest BCUT2D eigenvalue weighted by atomic mass is 10.1. The lowest BCUT2D eigenvalue weighted by Gasteiger charge is -2.16. The standard InChI is InChI=1S/C13H16N2O2S/c1-3-18(16,17)15(2)10-11-8-9-14-13-7-5-4-6-12(11)13/h4-9H,3,10H2,1-2H3. The topological polar surface area (TPSA) is 50.3 Å². The van der Waals surface area contributed by atoms with Crippen LogP contribution in [0.15, 0.2) is 36.5 Å². The Kier molecular flexibility index (Phi) is 3.63. The van der Waals surface area contributed by atoms with E-state index < -0.39 is 10.0 Å². The van der Waals surface area contributed by atoms with Crippen molar-refractivity contribution in [1.29, 1.82) is 0 Å². The van der Waals surface area contributed by atoms with Crippen LogP contribution in [0.2, 0.25) is 0 Å². The molecule has 4 nitrogen and oxygen atoms in total. The third-order valence-electron chi connectivity index (χ3n) is 2.97. The molecule has 0 aliphatic rings. The van der Waals surface area contributed by atoms with Crippen molar-refractivity contribution in [2.45, 2.75) is 13.5 Å². The zero-order valence-corrected chi connectivity index (χ0v) is 11.3. The molecule has 0 unspecified atom stereocenters. The summed E-state index contributed by atoms with van der Waals surface area (Å²) in [6, 6.07) is 9.61. The second kappa shape index (κ2) is 5.04. The van der Waals surface area contributed by atoms with Crippen LogP contribution in [-0.4, -0.2) is 30.5 Å². The summed E-state index contributed by atoms with van der Waals surface area (Å²) >= 11 is 0. The van der Waals surface area contributed by atoms with Gasteiger partial charge < -0.3 is 0 Å². The predicted octanol–water partition coefficient (Wildman–Crippen LogP) is 2.02. The van der Waals surface area contributed by atoms with Gasteiger partial charge in [-0.05, 0) is 24.6 Å². The number of para-hydroxylation sites is 1. The zero-order chi connectivity index (χ0) is 13.2. The maximum atomic E-state index is 11.8. The van der Waals surface area contributed by atoms with Crippen LogP contribution in [0.5, 0.6) is 0 Å². The summed E-state index contributed by atoms with van der Waals surface area (Å²) in [6.45, 7) is 2.02. The van der Waals surface area contributed by atoms with Gasteiger partial charge in [0.2, 0.25) is 10.0 Å². The summed E-state index contributed by atoms with van der Waals surface area (Å²) in [7, 11) is -1.55. The van der Waals surface area contributed by atoms with Gasteiger partial charge in [-0.25, -0.2) is 12.7 Å². The van der Waals surface area contributed by atoms with Crippen LogP contribution >= 0.6 is 0 Å². The third-order valence-corrected chi connectivity index (χ3v) is 4.78. The first-order valence-corrected chi connectivity index (χ1v) is 7.42. The predicted molar refractivity (Wildman–Crippen MR) is 72.7 cm³/mol. The lowest BCUT2D eigenvalue weighted by molar-refractivity contribution is 0.469. The smallest absolute Gasteiger partial charge is 0.213 e. The Morgan fingerprint density at radius 1 is 1.22 bits per heavy atom. The van der Waals surface area contributed by atoms with Gasteiger partial charge >= 0.3 is 0 Å². The van der Waals surface area contributed by atoms with Crippen molar-refractivity contribution in [3.05, 3.63) is 42.1 Å². The van der Waals surface area contributed by atoms with Crippen molar-refractivity contribution in [3.63, 3.8) is 0 Å². The van der Waals surface area contributed by atoms with Gasteiger partial charge in [0.15, 0.2) is 0 Å². The van der Waals surface area contributed by atoms with E-state index in [0.29, 0.717) is 6.54 Å². The number of nitrogens with zero attached hydrogens (tertiary/aromatic N) is 2. The van der Waals surface area contributed by atoms with Gasteiger partial charge in [0, 0.05) is 25.2 Å². The second-order valence-electron chi connectivity index (χ2n) is 4.14. The van der Waals surface area contributed by atoms with Gasteiger partial charge in [-0.2, -0.15) is 0 Å². The number of rotatable bonds is 4. The molecule has 0 bridgehead atoms. The quantitative estimate of drug-likeness (QED) is 0.849. The molecule has 2 rings (SSSR count). The molecule has 5 heteroatoms. The molecule has 0 saturated heterocycles. The fraction of sp³-hybridized carbons (Fsp3) is 0.308. The minimum absolute atomic E-state index is 0.118. The first kappa shape index (κ1) is 13.0. The number of pyridine rings is 1. The number of fused-ring (bicyclic) bond motifs is 1. The minimum atomic E-state index is -3.15. The monoisotopic (exact) mass is 264 g/mol. The Hall–Kier alpha value is -1.46. The summed E-state index contributed by atoms with van der Waals surface area (Å²) < 4.78 is 24.9. The molecule has 0 amide bonds. The fourth-order valence-corrected chi connectivity index (χ4v) is 2.63. The third kappa shape index (κ3) is 2.52. The van der Waals surface area contributed by atoms with Crippen LogP contribution in [0.4, 0.5) is 0 Å². The van der Waals surface area contributed by atoms with Crippen molar-refractivity contribution in [2.24, 2.45) is 0 Å². The van der Waals surface area contributed by atoms with Gasteiger partial charge in [-0.1, -0.05) is 18.2 Å². The second-order valence-corrected chi connectivity index (χ2v) is 6.51. The van der Waals surface area contributed by atoms with Gasteiger partial charge in [-0.15, -0.1) is 0 Å². The Morgan fingerprint density at radius 3 is 2.67 bits per heavy atom. The molecule has 0 atom stereocenters. The largest absolute Gasteiger partial charge is 0.256 e. The van der Waals surface area contributed by atoms with Crippen molar-refractivity contribution in [2.75, 3.05) is 12.8 Å². The molecule has 1 aromatic heterocycles. The van der Waals surface area contributed by atoms with Crippen LogP contribution in [0.1, 0.15) is 12.5 Å². The molecule has 2 aromatic rings. The van der Waals surface area contributed by atoms with E-state index in [-0.39, 0.29) is 5.75 Å². The average molecular weight is 264 g/mol. The first-order valence-electron chi connectivity index (χ1n) is 5.81. The lowest BCUT2D eigenvalue weighted by Crippen LogP contribution is -2.27. The molecule has 0 radical (unpaired) electrons. The highest BCUT2D eigenvalue weighted by molar-refractivity contribution is 7.89. The van der Waals surface area contributed by atoms with Crippen molar-refractivity contribution >= 4 is 20.9 Å². The maximum Gasteiger partial charge on any atom is 0.213 e. The highest BCUT2D eigenvalue weighted by Gasteiger charge is 2.16. The highest BCUT2D eigenvalue weighted by atomic mass is 32.2. The summed E-state index contributed by atoms with van der Waals surface area (Å²) in [5.74, 6) is 0.118. The molecule has 18 heavy (non-hydrogen) atoms. The number of aromatic nitrogens is 1. The number of sulfonamides is 1. The summed E-state index contributed by atoms with van der Waals surface area (Å²) in [6.07, 6.45) is 1.71. The van der Waals surface area contributed by atoms with Gasteiger partial charge in [0.1, 0.15) is 0 Å². The van der Waals surface area contributed by atoms with Crippen molar-refractivity contribution in [1.82, 2.24) is 9.29 Å². The van der Waals surface area contributed by atoms with Crippen LogP contribution in [0, 0.1) is 0 Å². The van der Waals surface area contributed by atoms with Crippen LogP contribution in [-0.2, 0) is 16.6 Å². The summed E-state index contributed by atoms with van der Waals surface area (Å²) in [5, 5.41) is 0.998. The Morgan fingerprint density at radius 2 is 1.94 bits per heavy atom. The number of benzene rings is 1. The maximum absolute atomic E-state index is 11.8. The van der Waals surface area contributed by atoms with E-state index in [1.165, 1.54) is 4.31 Å². The summed E-state index contributed by atoms with van der Waals surface area (Å²) in [4.78, 5) is 4.26. The molecule has 0 fully saturated rings. The molecule has 0 N–H and O–H groups in total. The molecule has 0 spiro atoms. The molecule has 0 saturated carbocycles. The van der Waals surface area contributed by atoms with Crippen LogP contribution < -0.4 is 0 Å². The van der Waals surface area contributed by atoms with E-state index >= 15 is 0 Å². The molecule has 0 aliphatic carbocycles. The van der Waals surface area contributed by atoms with E-state index in [9.17, 15) is 8.42 Å². The van der Waals surface area contributed by atoms with Gasteiger partial charge in [-0.3, -0.25) is 4.98 Å². The molecular formula is C13H16N2O2S. The molecule has 1 aromatic carbocycles. The van der Waals surface area contributed by atoms with Crippen LogP contribution in [0.3, 0.4) is 0 Å². The molecular weight excluding hydrogens is 248 g/mol. The van der Waals surface area contributed by atoms with Crippen molar-refractivity contribution in [3.8, 4) is 0 Å². The minimum Gasteiger partial charge on any atom is -0.256 e. The zero-order valence-electron chi connectivity index (χ0n) is 10.5. The summed E-state index contributed by atoms with van der Waals surface area (Å²) in [5.41, 5.74) is 1.86. The van der Waals surface area contributed by atoms with Crippen molar-refractivity contribution < 1.29 is 8.42 Å². The Balaban J connectivity index is 2.38. The van der Waals surface area contributed by atoms with E-state index in [0.717, 1.165) is 16.5 Å². The van der Waals surface area contributed by atoms with Gasteiger partial charge in [0.05, 0.1) is 11.3 Å². The Bertz CT molecular complexity index is 648. The Labute approximate surface area is 107 Å². The van der Waals surface area contributed by atoms with E-state index in [1.54, 1.807) is 20.2 Å². The average Bonchev–Trinajstić information content (AvgIpc) is 2.39.